The number of aliphatic hydroxyl groups is 1. The van der Waals surface area contributed by atoms with E-state index >= 15 is 0 Å². The van der Waals surface area contributed by atoms with Crippen molar-refractivity contribution in [3.05, 3.63) is 70.6 Å². The number of hydrogen-bond acceptors (Lipinski definition) is 4. The highest BCUT2D eigenvalue weighted by atomic mass is 16.3. The first kappa shape index (κ1) is 23.5. The second-order valence-electron chi connectivity index (χ2n) is 10.8. The number of aliphatic hydroxyl groups excluding tert-OH is 1. The Morgan fingerprint density at radius 3 is 2.58 bits per heavy atom. The topological polar surface area (TPSA) is 66.4 Å². The van der Waals surface area contributed by atoms with Crippen LogP contribution in [0.2, 0.25) is 0 Å². The standard InChI is InChI=1S/C29H37NO3/c1-19-9-8-12-25-28(19,3)15-13-20(2)29(25,4)18-22-26(32)23(17-24(31)27(22)33)30-16-14-21-10-6-5-7-11-21/h5-7,9-11,17,20,25,30,32H,8,12-16,18H2,1-4H3/t20-,25+,28-,29+/m0/s1. The van der Waals surface area contributed by atoms with Crippen LogP contribution in [0.1, 0.15) is 65.4 Å². The Bertz CT molecular complexity index is 1030. The number of hydrogen-bond donors (Lipinski definition) is 2. The van der Waals surface area contributed by atoms with Gasteiger partial charge in [-0.15, -0.1) is 0 Å². The molecule has 0 aliphatic heterocycles. The lowest BCUT2D eigenvalue weighted by atomic mass is 9.46. The van der Waals surface area contributed by atoms with Crippen molar-refractivity contribution in [2.45, 2.75) is 66.2 Å². The maximum atomic E-state index is 13.0. The van der Waals surface area contributed by atoms with Crippen LogP contribution in [0.5, 0.6) is 0 Å². The van der Waals surface area contributed by atoms with Crippen LogP contribution in [0.15, 0.2) is 65.1 Å². The Balaban J connectivity index is 1.59. The summed E-state index contributed by atoms with van der Waals surface area (Å²) in [4.78, 5) is 25.6. The first-order valence-corrected chi connectivity index (χ1v) is 12.3. The maximum absolute atomic E-state index is 13.0. The maximum Gasteiger partial charge on any atom is 0.232 e. The number of Topliss-reactive ketones (excluding diaryl/α,β-unsaturated/α-hetero) is 1. The molecule has 2 N–H and O–H groups in total. The predicted octanol–water partition coefficient (Wildman–Crippen LogP) is 5.86. The van der Waals surface area contributed by atoms with E-state index in [0.29, 0.717) is 30.5 Å². The van der Waals surface area contributed by atoms with Crippen molar-refractivity contribution in [3.63, 3.8) is 0 Å². The monoisotopic (exact) mass is 447 g/mol. The third-order valence-corrected chi connectivity index (χ3v) is 9.04. The minimum Gasteiger partial charge on any atom is -0.505 e. The van der Waals surface area contributed by atoms with Gasteiger partial charge in [0.25, 0.3) is 0 Å². The van der Waals surface area contributed by atoms with Crippen LogP contribution in [0.3, 0.4) is 0 Å². The van der Waals surface area contributed by atoms with Gasteiger partial charge in [-0.25, -0.2) is 0 Å². The quantitative estimate of drug-likeness (QED) is 0.326. The second kappa shape index (κ2) is 8.96. The zero-order valence-electron chi connectivity index (χ0n) is 20.4. The minimum absolute atomic E-state index is 0.0450. The summed E-state index contributed by atoms with van der Waals surface area (Å²) in [5, 5.41) is 14.3. The number of carbonyl (C=O) groups is 2. The minimum atomic E-state index is -0.551. The lowest BCUT2D eigenvalue weighted by Gasteiger charge is -2.58. The summed E-state index contributed by atoms with van der Waals surface area (Å²) < 4.78 is 0. The van der Waals surface area contributed by atoms with Gasteiger partial charge in [-0.05, 0) is 73.7 Å². The summed E-state index contributed by atoms with van der Waals surface area (Å²) in [5.74, 6) is -0.312. The Labute approximate surface area is 197 Å². The molecule has 0 unspecified atom stereocenters. The van der Waals surface area contributed by atoms with Gasteiger partial charge in [0.05, 0.1) is 5.70 Å². The molecule has 4 heteroatoms. The van der Waals surface area contributed by atoms with Crippen LogP contribution < -0.4 is 5.32 Å². The van der Waals surface area contributed by atoms with Crippen molar-refractivity contribution >= 4 is 11.6 Å². The van der Waals surface area contributed by atoms with E-state index < -0.39 is 11.6 Å². The van der Waals surface area contributed by atoms with Gasteiger partial charge in [0, 0.05) is 18.2 Å². The molecule has 4 rings (SSSR count). The molecule has 0 spiro atoms. The zero-order valence-corrected chi connectivity index (χ0v) is 20.4. The molecule has 0 bridgehead atoms. The number of fused-ring (bicyclic) bond motifs is 1. The molecule has 0 radical (unpaired) electrons. The molecule has 4 atom stereocenters. The molecule has 0 saturated heterocycles. The number of rotatable bonds is 6. The van der Waals surface area contributed by atoms with E-state index in [4.69, 9.17) is 0 Å². The largest absolute Gasteiger partial charge is 0.505 e. The summed E-state index contributed by atoms with van der Waals surface area (Å²) >= 11 is 0. The summed E-state index contributed by atoms with van der Waals surface area (Å²) in [6.45, 7) is 9.73. The van der Waals surface area contributed by atoms with E-state index in [1.807, 2.05) is 18.2 Å². The van der Waals surface area contributed by atoms with Crippen LogP contribution in [0, 0.1) is 22.7 Å². The van der Waals surface area contributed by atoms with Crippen LogP contribution in [0.4, 0.5) is 0 Å². The Morgan fingerprint density at radius 2 is 1.85 bits per heavy atom. The lowest BCUT2D eigenvalue weighted by Crippen LogP contribution is -2.50. The third kappa shape index (κ3) is 4.20. The molecule has 3 aliphatic rings. The highest BCUT2D eigenvalue weighted by molar-refractivity contribution is 6.48. The number of nitrogens with one attached hydrogen (secondary N) is 1. The van der Waals surface area contributed by atoms with Crippen molar-refractivity contribution in [2.24, 2.45) is 22.7 Å². The average molecular weight is 448 g/mol. The third-order valence-electron chi connectivity index (χ3n) is 9.04. The number of allylic oxidation sites excluding steroid dienone is 4. The molecule has 0 aromatic heterocycles. The molecule has 4 nitrogen and oxygen atoms in total. The van der Waals surface area contributed by atoms with Crippen LogP contribution >= 0.6 is 0 Å². The fourth-order valence-corrected chi connectivity index (χ4v) is 6.56. The van der Waals surface area contributed by atoms with Crippen molar-refractivity contribution < 1.29 is 14.7 Å². The van der Waals surface area contributed by atoms with Gasteiger partial charge in [-0.2, -0.15) is 0 Å². The fraction of sp³-hybridized carbons (Fsp3) is 0.517. The fourth-order valence-electron chi connectivity index (χ4n) is 6.56. The van der Waals surface area contributed by atoms with Crippen LogP contribution in [-0.4, -0.2) is 23.2 Å². The molecule has 1 aromatic carbocycles. The highest BCUT2D eigenvalue weighted by Crippen LogP contribution is 2.62. The number of ketones is 2. The van der Waals surface area contributed by atoms with Gasteiger partial charge in [-0.1, -0.05) is 62.8 Å². The molecule has 1 saturated carbocycles. The lowest BCUT2D eigenvalue weighted by molar-refractivity contribution is -0.132. The molecular formula is C29H37NO3. The molecule has 3 aliphatic carbocycles. The van der Waals surface area contributed by atoms with E-state index in [1.165, 1.54) is 17.2 Å². The normalized spacial score (nSPS) is 32.2. The SMILES string of the molecule is CC1=CCC[C@H]2[C@](C)(CC3=C(O)C(NCCc4ccccc4)=CC(=O)C3=O)[C@@H](C)CC[C@@]12C. The molecule has 1 aromatic rings. The van der Waals surface area contributed by atoms with E-state index in [9.17, 15) is 14.7 Å². The van der Waals surface area contributed by atoms with Gasteiger partial charge < -0.3 is 10.4 Å². The summed E-state index contributed by atoms with van der Waals surface area (Å²) in [6.07, 6.45) is 9.22. The number of benzene rings is 1. The van der Waals surface area contributed by atoms with Crippen LogP contribution in [-0.2, 0) is 16.0 Å². The average Bonchev–Trinajstić information content (AvgIpc) is 2.80. The Morgan fingerprint density at radius 1 is 1.12 bits per heavy atom. The van der Waals surface area contributed by atoms with Gasteiger partial charge in [-0.3, -0.25) is 9.59 Å². The Hall–Kier alpha value is -2.62. The first-order chi connectivity index (χ1) is 15.7. The molecule has 0 amide bonds. The summed E-state index contributed by atoms with van der Waals surface area (Å²) in [7, 11) is 0. The first-order valence-electron chi connectivity index (χ1n) is 12.3. The van der Waals surface area contributed by atoms with E-state index in [0.717, 1.165) is 32.1 Å². The van der Waals surface area contributed by atoms with E-state index in [-0.39, 0.29) is 22.2 Å². The predicted molar refractivity (Wildman–Crippen MR) is 132 cm³/mol. The molecular weight excluding hydrogens is 410 g/mol. The van der Waals surface area contributed by atoms with Gasteiger partial charge in [0.15, 0.2) is 0 Å². The molecule has 33 heavy (non-hydrogen) atoms. The number of carbonyl (C=O) groups excluding carboxylic acids is 2. The van der Waals surface area contributed by atoms with E-state index in [2.05, 4.69) is 51.2 Å². The summed E-state index contributed by atoms with van der Waals surface area (Å²) in [5.41, 5.74) is 3.24. The molecule has 176 valence electrons. The van der Waals surface area contributed by atoms with Crippen molar-refractivity contribution in [2.75, 3.05) is 6.54 Å². The highest BCUT2D eigenvalue weighted by Gasteiger charge is 2.54. The van der Waals surface area contributed by atoms with Crippen LogP contribution in [0.25, 0.3) is 0 Å². The van der Waals surface area contributed by atoms with Gasteiger partial charge in [0.1, 0.15) is 5.76 Å². The smallest absolute Gasteiger partial charge is 0.232 e. The summed E-state index contributed by atoms with van der Waals surface area (Å²) in [6, 6.07) is 10.1. The van der Waals surface area contributed by atoms with Gasteiger partial charge >= 0.3 is 0 Å². The Kier molecular flexibility index (Phi) is 6.39. The second-order valence-corrected chi connectivity index (χ2v) is 10.8. The molecule has 0 heterocycles. The zero-order chi connectivity index (χ0) is 23.8. The van der Waals surface area contributed by atoms with E-state index in [1.54, 1.807) is 0 Å². The molecule has 1 fully saturated rings. The van der Waals surface area contributed by atoms with Crippen molar-refractivity contribution in [3.8, 4) is 0 Å². The van der Waals surface area contributed by atoms with Crippen molar-refractivity contribution in [1.29, 1.82) is 0 Å². The van der Waals surface area contributed by atoms with Crippen molar-refractivity contribution in [1.82, 2.24) is 5.32 Å². The van der Waals surface area contributed by atoms with Gasteiger partial charge in [0.2, 0.25) is 11.6 Å².